The number of ketones is 3. The van der Waals surface area contributed by atoms with Gasteiger partial charge in [-0.3, -0.25) is 14.4 Å². The van der Waals surface area contributed by atoms with Gasteiger partial charge in [0.25, 0.3) is 0 Å². The Morgan fingerprint density at radius 3 is 1.44 bits per heavy atom. The van der Waals surface area contributed by atoms with E-state index in [-0.39, 0.29) is 51.3 Å². The van der Waals surface area contributed by atoms with Crippen LogP contribution in [0.2, 0.25) is 0 Å². The largest absolute Gasteiger partial charge is 0.507 e. The molecule has 246 valence electrons. The Morgan fingerprint density at radius 1 is 0.583 bits per heavy atom. The zero-order valence-electron chi connectivity index (χ0n) is 27.8. The fourth-order valence-corrected chi connectivity index (χ4v) is 6.16. The molecule has 0 saturated carbocycles. The summed E-state index contributed by atoms with van der Waals surface area (Å²) in [6, 6.07) is 14.7. The highest BCUT2D eigenvalue weighted by molar-refractivity contribution is 6.02. The number of phenolic OH excluding ortho intramolecular Hbond substituents is 3. The van der Waals surface area contributed by atoms with E-state index in [9.17, 15) is 29.7 Å². The van der Waals surface area contributed by atoms with Crippen LogP contribution < -0.4 is 0 Å². The van der Waals surface area contributed by atoms with Crippen molar-refractivity contribution in [2.45, 2.75) is 65.7 Å². The van der Waals surface area contributed by atoms with E-state index in [0.717, 1.165) is 5.57 Å². The number of Topliss-reactive ketones (excluding diaryl/α,β-unsaturated/α-hetero) is 3. The van der Waals surface area contributed by atoms with Crippen molar-refractivity contribution in [3.8, 4) is 17.2 Å². The molecule has 0 amide bonds. The van der Waals surface area contributed by atoms with E-state index in [4.69, 9.17) is 13.3 Å². The number of hydrogen-bond donors (Lipinski definition) is 3. The smallest absolute Gasteiger partial charge is 0.163 e. The van der Waals surface area contributed by atoms with Crippen LogP contribution in [0.4, 0.5) is 0 Å². The highest BCUT2D eigenvalue weighted by Crippen LogP contribution is 2.43. The van der Waals surface area contributed by atoms with E-state index in [2.05, 4.69) is 0 Å². The van der Waals surface area contributed by atoms with Gasteiger partial charge in [-0.05, 0) is 83.0 Å². The second-order valence-corrected chi connectivity index (χ2v) is 13.7. The van der Waals surface area contributed by atoms with E-state index < -0.39 is 10.8 Å². The van der Waals surface area contributed by atoms with Gasteiger partial charge in [0.2, 0.25) is 0 Å². The van der Waals surface area contributed by atoms with Gasteiger partial charge in [0.1, 0.15) is 51.3 Å². The topological polar surface area (TPSA) is 151 Å². The molecule has 0 bridgehead atoms. The number of benzene rings is 3. The summed E-state index contributed by atoms with van der Waals surface area (Å²) in [7, 11) is 0. The highest BCUT2D eigenvalue weighted by Gasteiger charge is 2.32. The Labute approximate surface area is 276 Å². The fraction of sp³-hybridized carbons (Fsp3) is 0.256. The predicted molar refractivity (Wildman–Crippen MR) is 182 cm³/mol. The van der Waals surface area contributed by atoms with Crippen molar-refractivity contribution in [1.82, 2.24) is 0 Å². The lowest BCUT2D eigenvalue weighted by atomic mass is 9.79. The molecule has 3 aromatic heterocycles. The summed E-state index contributed by atoms with van der Waals surface area (Å²) in [6.45, 7) is 12.1. The quantitative estimate of drug-likeness (QED) is 0.130. The molecule has 0 aliphatic rings. The fourth-order valence-electron chi connectivity index (χ4n) is 6.16. The van der Waals surface area contributed by atoms with Gasteiger partial charge in [-0.2, -0.15) is 0 Å². The summed E-state index contributed by atoms with van der Waals surface area (Å²) in [4.78, 5) is 36.3. The second-order valence-electron chi connectivity index (χ2n) is 13.7. The van der Waals surface area contributed by atoms with E-state index in [1.807, 2.05) is 52.0 Å². The van der Waals surface area contributed by atoms with Gasteiger partial charge in [0.15, 0.2) is 17.3 Å². The summed E-state index contributed by atoms with van der Waals surface area (Å²) in [5.41, 5.74) is 1.27. The third-order valence-corrected chi connectivity index (χ3v) is 8.83. The summed E-state index contributed by atoms with van der Waals surface area (Å²) >= 11 is 0. The van der Waals surface area contributed by atoms with Gasteiger partial charge >= 0.3 is 0 Å². The van der Waals surface area contributed by atoms with Crippen molar-refractivity contribution < 1.29 is 43.0 Å². The van der Waals surface area contributed by atoms with E-state index in [1.54, 1.807) is 18.2 Å². The maximum Gasteiger partial charge on any atom is 0.163 e. The van der Waals surface area contributed by atoms with Crippen LogP contribution in [0.25, 0.3) is 38.5 Å². The maximum atomic E-state index is 12.2. The molecule has 0 radical (unpaired) electrons. The molecule has 0 spiro atoms. The minimum absolute atomic E-state index is 0.152. The average Bonchev–Trinajstić information content (AvgIpc) is 3.71. The van der Waals surface area contributed by atoms with Crippen LogP contribution in [-0.4, -0.2) is 32.7 Å². The van der Waals surface area contributed by atoms with Crippen molar-refractivity contribution in [3.05, 3.63) is 94.6 Å². The number of furan rings is 3. The average molecular weight is 649 g/mol. The Balaban J connectivity index is 1.48. The number of aromatic hydroxyl groups is 3. The van der Waals surface area contributed by atoms with Gasteiger partial charge in [-0.25, -0.2) is 0 Å². The number of fused-ring (bicyclic) bond motifs is 3. The van der Waals surface area contributed by atoms with E-state index in [1.165, 1.54) is 39.0 Å². The van der Waals surface area contributed by atoms with E-state index >= 15 is 0 Å². The van der Waals surface area contributed by atoms with Crippen LogP contribution in [0.5, 0.6) is 17.2 Å². The summed E-state index contributed by atoms with van der Waals surface area (Å²) in [5, 5.41) is 33.3. The molecule has 0 aliphatic carbocycles. The Hall–Kier alpha value is -5.57. The number of phenols is 3. The summed E-state index contributed by atoms with van der Waals surface area (Å²) in [6.07, 6.45) is 2.41. The van der Waals surface area contributed by atoms with Gasteiger partial charge in [-0.1, -0.05) is 19.9 Å². The Bertz CT molecular complexity index is 2340. The molecule has 3 N–H and O–H groups in total. The highest BCUT2D eigenvalue weighted by atomic mass is 16.3. The van der Waals surface area contributed by atoms with Crippen LogP contribution in [-0.2, 0) is 10.8 Å². The van der Waals surface area contributed by atoms with E-state index in [0.29, 0.717) is 56.6 Å². The van der Waals surface area contributed by atoms with Crippen LogP contribution >= 0.6 is 0 Å². The Kier molecular flexibility index (Phi) is 7.62. The third-order valence-electron chi connectivity index (χ3n) is 8.83. The molecule has 3 aromatic carbocycles. The molecule has 0 atom stereocenters. The molecule has 48 heavy (non-hydrogen) atoms. The zero-order valence-corrected chi connectivity index (χ0v) is 27.8. The predicted octanol–water partition coefficient (Wildman–Crippen LogP) is 9.38. The number of hydrogen-bond acceptors (Lipinski definition) is 9. The van der Waals surface area contributed by atoms with Gasteiger partial charge < -0.3 is 28.6 Å². The second kappa shape index (κ2) is 11.3. The van der Waals surface area contributed by atoms with Gasteiger partial charge in [0, 0.05) is 45.2 Å². The van der Waals surface area contributed by atoms with Crippen LogP contribution in [0.3, 0.4) is 0 Å². The van der Waals surface area contributed by atoms with Gasteiger partial charge in [-0.15, -0.1) is 0 Å². The minimum atomic E-state index is -0.738. The van der Waals surface area contributed by atoms with Crippen molar-refractivity contribution in [3.63, 3.8) is 0 Å². The zero-order chi connectivity index (χ0) is 34.9. The first kappa shape index (κ1) is 32.4. The molecule has 0 unspecified atom stereocenters. The number of rotatable bonds is 9. The monoisotopic (exact) mass is 648 g/mol. The molecule has 0 fully saturated rings. The molecule has 3 heterocycles. The summed E-state index contributed by atoms with van der Waals surface area (Å²) < 4.78 is 18.7. The molecule has 0 saturated heterocycles. The molecule has 9 nitrogen and oxygen atoms in total. The molecule has 6 rings (SSSR count). The third kappa shape index (κ3) is 5.76. The van der Waals surface area contributed by atoms with Crippen LogP contribution in [0, 0.1) is 0 Å². The molecular formula is C39H36O9. The lowest BCUT2D eigenvalue weighted by Gasteiger charge is -2.26. The number of carbonyl (C=O) groups excluding carboxylic acids is 3. The molecular weight excluding hydrogens is 612 g/mol. The van der Waals surface area contributed by atoms with Crippen molar-refractivity contribution in [2.24, 2.45) is 0 Å². The maximum absolute atomic E-state index is 12.2. The lowest BCUT2D eigenvalue weighted by molar-refractivity contribution is 0.100. The Morgan fingerprint density at radius 2 is 0.979 bits per heavy atom. The van der Waals surface area contributed by atoms with Crippen molar-refractivity contribution >= 4 is 55.8 Å². The first-order valence-electron chi connectivity index (χ1n) is 15.5. The van der Waals surface area contributed by atoms with Crippen LogP contribution in [0.1, 0.15) is 103 Å². The van der Waals surface area contributed by atoms with Crippen LogP contribution in [0.15, 0.2) is 73.9 Å². The number of carbonyl (C=O) groups is 3. The molecule has 0 aliphatic heterocycles. The minimum Gasteiger partial charge on any atom is -0.507 e. The van der Waals surface area contributed by atoms with Gasteiger partial charge in [0.05, 0.1) is 16.7 Å². The van der Waals surface area contributed by atoms with Crippen molar-refractivity contribution in [1.29, 1.82) is 0 Å². The molecule has 6 aromatic rings. The summed E-state index contributed by atoms with van der Waals surface area (Å²) in [5.74, 6) is 0.426. The molecule has 9 heteroatoms. The van der Waals surface area contributed by atoms with Crippen molar-refractivity contribution in [2.75, 3.05) is 0 Å². The SMILES string of the molecule is CC(=O)c1cc2cc(/C(=C\C(C)(C)c3cc4cc(C(C)=O)c(O)cc4o3)CC(C)(C)c3cc4cc(C(C)=O)c(O)cc4o3)oc2cc1O. The lowest BCUT2D eigenvalue weighted by Crippen LogP contribution is -2.19. The number of allylic oxidation sites excluding steroid dienone is 2. The standard InChI is InChI=1S/C39H36O9/c1-19(40)26-8-22-11-32(46-33(22)14-29(26)43)25(17-38(4,5)36-12-23-9-27(20(2)41)30(44)15-34(23)47-36)18-39(6,7)37-13-24-10-28(21(3)42)31(45)16-35(24)48-37/h8-17,43-45H,18H2,1-7H3/b25-17-. The first-order chi connectivity index (χ1) is 22.4. The first-order valence-corrected chi connectivity index (χ1v) is 15.5. The normalized spacial score (nSPS) is 12.8.